The van der Waals surface area contributed by atoms with Crippen LogP contribution in [0.4, 0.5) is 5.69 Å². The van der Waals surface area contributed by atoms with E-state index >= 15 is 0 Å². The summed E-state index contributed by atoms with van der Waals surface area (Å²) in [4.78, 5) is 28.3. The lowest BCUT2D eigenvalue weighted by molar-refractivity contribution is -0.139. The molecule has 39 heavy (non-hydrogen) atoms. The summed E-state index contributed by atoms with van der Waals surface area (Å²) in [5, 5.41) is 3.48. The van der Waals surface area contributed by atoms with Crippen molar-refractivity contribution in [3.63, 3.8) is 0 Å². The van der Waals surface area contributed by atoms with Crippen LogP contribution < -0.4 is 9.62 Å². The molecule has 0 spiro atoms. The molecule has 1 N–H and O–H groups in total. The van der Waals surface area contributed by atoms with Crippen molar-refractivity contribution >= 4 is 50.7 Å². The molecule has 0 unspecified atom stereocenters. The molecule has 3 aromatic rings. The second-order valence-corrected chi connectivity index (χ2v) is 12.0. The summed E-state index contributed by atoms with van der Waals surface area (Å²) in [7, 11) is -4.13. The first-order valence-electron chi connectivity index (χ1n) is 12.6. The van der Waals surface area contributed by atoms with Crippen molar-refractivity contribution in [2.45, 2.75) is 51.6 Å². The van der Waals surface area contributed by atoms with Crippen LogP contribution >= 0.6 is 23.2 Å². The predicted octanol–water partition coefficient (Wildman–Crippen LogP) is 5.75. The van der Waals surface area contributed by atoms with Crippen molar-refractivity contribution in [1.82, 2.24) is 10.2 Å². The summed E-state index contributed by atoms with van der Waals surface area (Å²) >= 11 is 12.8. The fraction of sp³-hybridized carbons (Fsp3) is 0.310. The normalized spacial score (nSPS) is 12.1. The topological polar surface area (TPSA) is 86.8 Å². The van der Waals surface area contributed by atoms with Crippen LogP contribution in [0, 0.1) is 13.8 Å². The van der Waals surface area contributed by atoms with E-state index in [-0.39, 0.29) is 17.3 Å². The summed E-state index contributed by atoms with van der Waals surface area (Å²) in [6.07, 6.45) is 0.721. The van der Waals surface area contributed by atoms with E-state index in [9.17, 15) is 18.0 Å². The lowest BCUT2D eigenvalue weighted by Gasteiger charge is -2.32. The zero-order valence-corrected chi connectivity index (χ0v) is 24.8. The minimum absolute atomic E-state index is 0.0476. The monoisotopic (exact) mass is 589 g/mol. The van der Waals surface area contributed by atoms with Crippen LogP contribution in [-0.4, -0.2) is 44.3 Å². The molecule has 0 aliphatic heterocycles. The number of carbonyl (C=O) groups excluding carboxylic acids is 2. The van der Waals surface area contributed by atoms with E-state index in [1.165, 1.54) is 17.0 Å². The van der Waals surface area contributed by atoms with Gasteiger partial charge in [-0.05, 0) is 74.7 Å². The van der Waals surface area contributed by atoms with Crippen molar-refractivity contribution in [2.75, 3.05) is 17.4 Å². The largest absolute Gasteiger partial charge is 0.354 e. The third-order valence-corrected chi connectivity index (χ3v) is 8.71. The highest BCUT2D eigenvalue weighted by molar-refractivity contribution is 7.92. The van der Waals surface area contributed by atoms with Gasteiger partial charge in [-0.3, -0.25) is 13.9 Å². The van der Waals surface area contributed by atoms with Crippen LogP contribution in [-0.2, 0) is 26.2 Å². The highest BCUT2D eigenvalue weighted by Crippen LogP contribution is 2.29. The van der Waals surface area contributed by atoms with E-state index in [2.05, 4.69) is 5.32 Å². The van der Waals surface area contributed by atoms with Gasteiger partial charge in [0.1, 0.15) is 12.6 Å². The lowest BCUT2D eigenvalue weighted by Crippen LogP contribution is -2.51. The zero-order valence-electron chi connectivity index (χ0n) is 22.4. The number of amides is 2. The maximum absolute atomic E-state index is 14.0. The molecule has 0 aromatic heterocycles. The smallest absolute Gasteiger partial charge is 0.264 e. The number of benzene rings is 3. The maximum atomic E-state index is 14.0. The molecule has 208 valence electrons. The van der Waals surface area contributed by atoms with Gasteiger partial charge in [0, 0.05) is 28.7 Å². The Bertz CT molecular complexity index is 1390. The molecule has 7 nitrogen and oxygen atoms in total. The molecule has 0 saturated heterocycles. The SMILES string of the molecule is CCCNC(=O)[C@H](C)N(Cc1c(Cl)cccc1Cl)C(=O)CN(c1cc(C)cc(C)c1)S(=O)(=O)c1ccccc1. The number of hydrogen-bond donors (Lipinski definition) is 1. The molecule has 1 atom stereocenters. The van der Waals surface area contributed by atoms with Gasteiger partial charge in [-0.2, -0.15) is 0 Å². The number of anilines is 1. The Labute approximate surface area is 240 Å². The molecule has 3 rings (SSSR count). The van der Waals surface area contributed by atoms with E-state index in [1.54, 1.807) is 55.5 Å². The summed E-state index contributed by atoms with van der Waals surface area (Å²) < 4.78 is 28.8. The van der Waals surface area contributed by atoms with Crippen molar-refractivity contribution in [3.8, 4) is 0 Å². The summed E-state index contributed by atoms with van der Waals surface area (Å²) in [6, 6.07) is 17.4. The van der Waals surface area contributed by atoms with Crippen LogP contribution in [0.1, 0.15) is 37.0 Å². The van der Waals surface area contributed by atoms with Gasteiger partial charge in [0.05, 0.1) is 10.6 Å². The number of aryl methyl sites for hydroxylation is 2. The highest BCUT2D eigenvalue weighted by atomic mass is 35.5. The third kappa shape index (κ3) is 7.53. The van der Waals surface area contributed by atoms with Crippen LogP contribution in [0.3, 0.4) is 0 Å². The molecule has 0 radical (unpaired) electrons. The molecule has 0 bridgehead atoms. The van der Waals surface area contributed by atoms with Crippen LogP contribution in [0.25, 0.3) is 0 Å². The summed E-state index contributed by atoms with van der Waals surface area (Å²) in [5.41, 5.74) is 2.51. The number of nitrogens with zero attached hydrogens (tertiary/aromatic N) is 2. The molecule has 0 fully saturated rings. The first-order valence-corrected chi connectivity index (χ1v) is 14.8. The van der Waals surface area contributed by atoms with E-state index in [1.807, 2.05) is 26.8 Å². The number of carbonyl (C=O) groups is 2. The first kappa shape index (κ1) is 30.5. The Hall–Kier alpha value is -3.07. The third-order valence-electron chi connectivity index (χ3n) is 6.21. The van der Waals surface area contributed by atoms with Gasteiger partial charge in [-0.1, -0.05) is 60.5 Å². The molecule has 2 amide bonds. The Morgan fingerprint density at radius 3 is 2.08 bits per heavy atom. The van der Waals surface area contributed by atoms with Crippen molar-refractivity contribution < 1.29 is 18.0 Å². The Morgan fingerprint density at radius 2 is 1.51 bits per heavy atom. The molecule has 0 aliphatic rings. The van der Waals surface area contributed by atoms with Gasteiger partial charge in [-0.25, -0.2) is 8.42 Å². The number of sulfonamides is 1. The fourth-order valence-electron chi connectivity index (χ4n) is 4.18. The standard InChI is InChI=1S/C29H33Cl2N3O4S/c1-5-14-32-29(36)22(4)33(18-25-26(30)12-9-13-27(25)31)28(35)19-34(23-16-20(2)15-21(3)17-23)39(37,38)24-10-7-6-8-11-24/h6-13,15-17,22H,5,14,18-19H2,1-4H3,(H,32,36)/t22-/m0/s1. The highest BCUT2D eigenvalue weighted by Gasteiger charge is 2.33. The van der Waals surface area contributed by atoms with Gasteiger partial charge in [0.2, 0.25) is 11.8 Å². The summed E-state index contributed by atoms with van der Waals surface area (Å²) in [5.74, 6) is -0.943. The van der Waals surface area contributed by atoms with Crippen LogP contribution in [0.5, 0.6) is 0 Å². The predicted molar refractivity (Wildman–Crippen MR) is 157 cm³/mol. The van der Waals surface area contributed by atoms with Gasteiger partial charge in [-0.15, -0.1) is 0 Å². The first-order chi connectivity index (χ1) is 18.4. The number of rotatable bonds is 11. The van der Waals surface area contributed by atoms with E-state index in [4.69, 9.17) is 23.2 Å². The molecule has 0 aliphatic carbocycles. The van der Waals surface area contributed by atoms with Gasteiger partial charge in [0.15, 0.2) is 0 Å². The van der Waals surface area contributed by atoms with E-state index < -0.39 is 28.5 Å². The lowest BCUT2D eigenvalue weighted by atomic mass is 10.1. The van der Waals surface area contributed by atoms with Crippen LogP contribution in [0.2, 0.25) is 10.0 Å². The second kappa shape index (κ2) is 13.3. The van der Waals surface area contributed by atoms with Gasteiger partial charge in [0.25, 0.3) is 10.0 Å². The zero-order chi connectivity index (χ0) is 28.7. The van der Waals surface area contributed by atoms with E-state index in [0.29, 0.717) is 27.8 Å². The quantitative estimate of drug-likeness (QED) is 0.308. The van der Waals surface area contributed by atoms with Gasteiger partial charge >= 0.3 is 0 Å². The minimum Gasteiger partial charge on any atom is -0.354 e. The number of nitrogens with one attached hydrogen (secondary N) is 1. The van der Waals surface area contributed by atoms with Crippen molar-refractivity contribution in [1.29, 1.82) is 0 Å². The molecule has 0 heterocycles. The summed E-state index contributed by atoms with van der Waals surface area (Å²) in [6.45, 7) is 7.07. The van der Waals surface area contributed by atoms with Crippen molar-refractivity contribution in [3.05, 3.63) is 93.5 Å². The molecular weight excluding hydrogens is 557 g/mol. The Balaban J connectivity index is 2.08. The number of hydrogen-bond acceptors (Lipinski definition) is 4. The Kier molecular flexibility index (Phi) is 10.4. The van der Waals surface area contributed by atoms with Gasteiger partial charge < -0.3 is 10.2 Å². The molecular formula is C29H33Cl2N3O4S. The molecule has 10 heteroatoms. The average molecular weight is 591 g/mol. The minimum atomic E-state index is -4.13. The number of halogens is 2. The second-order valence-electron chi connectivity index (χ2n) is 9.36. The fourth-order valence-corrected chi connectivity index (χ4v) is 6.11. The molecule has 3 aromatic carbocycles. The Morgan fingerprint density at radius 1 is 0.923 bits per heavy atom. The molecule has 0 saturated carbocycles. The van der Waals surface area contributed by atoms with Crippen molar-refractivity contribution in [2.24, 2.45) is 0 Å². The van der Waals surface area contributed by atoms with Crippen LogP contribution in [0.15, 0.2) is 71.6 Å². The maximum Gasteiger partial charge on any atom is 0.264 e. The average Bonchev–Trinajstić information content (AvgIpc) is 2.89. The van der Waals surface area contributed by atoms with E-state index in [0.717, 1.165) is 21.9 Å².